The summed E-state index contributed by atoms with van der Waals surface area (Å²) in [5, 5.41) is 12.2. The van der Waals surface area contributed by atoms with Crippen LogP contribution in [0.15, 0.2) is 24.3 Å². The van der Waals surface area contributed by atoms with Crippen molar-refractivity contribution in [2.75, 3.05) is 19.0 Å². The molecule has 1 aromatic carbocycles. The summed E-state index contributed by atoms with van der Waals surface area (Å²) in [6.45, 7) is 0.612. The van der Waals surface area contributed by atoms with Crippen LogP contribution in [0.1, 0.15) is 18.4 Å². The molecule has 0 radical (unpaired) electrons. The highest BCUT2D eigenvalue weighted by Gasteiger charge is 2.35. The average Bonchev–Trinajstić information content (AvgIpc) is 3.14. The number of nitrogens with zero attached hydrogens (tertiary/aromatic N) is 1. The lowest BCUT2D eigenvalue weighted by molar-refractivity contribution is -0.140. The van der Waals surface area contributed by atoms with Crippen LogP contribution in [0.3, 0.4) is 0 Å². The van der Waals surface area contributed by atoms with Crippen LogP contribution in [-0.4, -0.2) is 31.2 Å². The third-order valence-corrected chi connectivity index (χ3v) is 3.34. The molecule has 1 fully saturated rings. The highest BCUT2D eigenvalue weighted by molar-refractivity contribution is 5.74. The SMILES string of the molecule is CN(C)c1ccc(CNC(C(=O)O)C2CC2)cc1. The summed E-state index contributed by atoms with van der Waals surface area (Å²) in [4.78, 5) is 13.1. The first-order valence-electron chi connectivity index (χ1n) is 6.30. The van der Waals surface area contributed by atoms with Crippen LogP contribution in [0.5, 0.6) is 0 Å². The second-order valence-corrected chi connectivity index (χ2v) is 5.10. The molecule has 4 heteroatoms. The zero-order valence-electron chi connectivity index (χ0n) is 10.9. The largest absolute Gasteiger partial charge is 0.480 e. The number of nitrogens with one attached hydrogen (secondary N) is 1. The molecule has 0 bridgehead atoms. The Morgan fingerprint density at radius 2 is 2.00 bits per heavy atom. The lowest BCUT2D eigenvalue weighted by Crippen LogP contribution is -2.38. The van der Waals surface area contributed by atoms with E-state index < -0.39 is 12.0 Å². The summed E-state index contributed by atoms with van der Waals surface area (Å²) in [7, 11) is 4.00. The normalized spacial score (nSPS) is 16.3. The van der Waals surface area contributed by atoms with Gasteiger partial charge in [-0.1, -0.05) is 12.1 Å². The van der Waals surface area contributed by atoms with Crippen LogP contribution in [0.4, 0.5) is 5.69 Å². The Kier molecular flexibility index (Phi) is 3.87. The molecule has 18 heavy (non-hydrogen) atoms. The monoisotopic (exact) mass is 248 g/mol. The van der Waals surface area contributed by atoms with Crippen molar-refractivity contribution in [1.29, 1.82) is 0 Å². The zero-order valence-corrected chi connectivity index (χ0v) is 10.9. The maximum atomic E-state index is 11.1. The second-order valence-electron chi connectivity index (χ2n) is 5.10. The first-order valence-corrected chi connectivity index (χ1v) is 6.30. The molecular weight excluding hydrogens is 228 g/mol. The molecule has 0 amide bonds. The third-order valence-electron chi connectivity index (χ3n) is 3.34. The van der Waals surface area contributed by atoms with E-state index in [-0.39, 0.29) is 0 Å². The van der Waals surface area contributed by atoms with Crippen LogP contribution >= 0.6 is 0 Å². The average molecular weight is 248 g/mol. The van der Waals surface area contributed by atoms with Crippen LogP contribution in [0, 0.1) is 5.92 Å². The molecule has 4 nitrogen and oxygen atoms in total. The van der Waals surface area contributed by atoms with Gasteiger partial charge in [0.15, 0.2) is 0 Å². The molecule has 1 unspecified atom stereocenters. The van der Waals surface area contributed by atoms with Gasteiger partial charge in [0.1, 0.15) is 6.04 Å². The Morgan fingerprint density at radius 3 is 2.44 bits per heavy atom. The molecule has 98 valence electrons. The Bertz CT molecular complexity index is 410. The minimum absolute atomic E-state index is 0.323. The summed E-state index contributed by atoms with van der Waals surface area (Å²) in [5.74, 6) is -0.411. The van der Waals surface area contributed by atoms with Crippen LogP contribution in [0.25, 0.3) is 0 Å². The van der Waals surface area contributed by atoms with Gasteiger partial charge in [-0.3, -0.25) is 4.79 Å². The standard InChI is InChI=1S/C14H20N2O2/c1-16(2)12-7-3-10(4-8-12)9-15-13(14(17)18)11-5-6-11/h3-4,7-8,11,13,15H,5-6,9H2,1-2H3,(H,17,18). The molecule has 1 atom stereocenters. The fourth-order valence-corrected chi connectivity index (χ4v) is 2.02. The predicted octanol–water partition coefficient (Wildman–Crippen LogP) is 1.71. The summed E-state index contributed by atoms with van der Waals surface area (Å²) in [6, 6.07) is 7.77. The molecule has 1 saturated carbocycles. The molecule has 1 aliphatic carbocycles. The van der Waals surface area contributed by atoms with Crippen LogP contribution in [-0.2, 0) is 11.3 Å². The lowest BCUT2D eigenvalue weighted by atomic mass is 10.1. The van der Waals surface area contributed by atoms with Gasteiger partial charge in [-0.15, -0.1) is 0 Å². The fourth-order valence-electron chi connectivity index (χ4n) is 2.02. The number of carboxylic acids is 1. The van der Waals surface area contributed by atoms with Crippen LogP contribution < -0.4 is 10.2 Å². The smallest absolute Gasteiger partial charge is 0.320 e. The topological polar surface area (TPSA) is 52.6 Å². The van der Waals surface area contributed by atoms with E-state index >= 15 is 0 Å². The van der Waals surface area contributed by atoms with E-state index in [4.69, 9.17) is 5.11 Å². The predicted molar refractivity (Wildman–Crippen MR) is 71.8 cm³/mol. The van der Waals surface area contributed by atoms with Gasteiger partial charge in [0, 0.05) is 26.3 Å². The van der Waals surface area contributed by atoms with E-state index in [9.17, 15) is 4.79 Å². The van der Waals surface area contributed by atoms with Crippen molar-refractivity contribution in [2.24, 2.45) is 5.92 Å². The summed E-state index contributed by atoms with van der Waals surface area (Å²) in [5.41, 5.74) is 2.27. The second kappa shape index (κ2) is 5.40. The number of hydrogen-bond donors (Lipinski definition) is 2. The van der Waals surface area contributed by atoms with E-state index in [1.165, 1.54) is 0 Å². The van der Waals surface area contributed by atoms with E-state index in [1.54, 1.807) is 0 Å². The van der Waals surface area contributed by atoms with Gasteiger partial charge >= 0.3 is 5.97 Å². The first kappa shape index (κ1) is 12.9. The Hall–Kier alpha value is -1.55. The van der Waals surface area contributed by atoms with Crippen molar-refractivity contribution >= 4 is 11.7 Å². The molecule has 0 spiro atoms. The third kappa shape index (κ3) is 3.23. The van der Waals surface area contributed by atoms with E-state index in [1.807, 2.05) is 43.3 Å². The van der Waals surface area contributed by atoms with Gasteiger partial charge in [-0.05, 0) is 36.5 Å². The number of anilines is 1. The summed E-state index contributed by atoms with van der Waals surface area (Å²) in [6.07, 6.45) is 2.06. The molecule has 0 aliphatic heterocycles. The van der Waals surface area contributed by atoms with E-state index in [0.717, 1.165) is 24.1 Å². The maximum absolute atomic E-state index is 11.1. The van der Waals surface area contributed by atoms with Crippen LogP contribution in [0.2, 0.25) is 0 Å². The molecule has 1 aliphatic rings. The molecule has 2 rings (SSSR count). The highest BCUT2D eigenvalue weighted by Crippen LogP contribution is 2.32. The molecule has 1 aromatic rings. The van der Waals surface area contributed by atoms with E-state index in [0.29, 0.717) is 12.5 Å². The van der Waals surface area contributed by atoms with E-state index in [2.05, 4.69) is 5.32 Å². The van der Waals surface area contributed by atoms with Crippen molar-refractivity contribution in [1.82, 2.24) is 5.32 Å². The molecular formula is C14H20N2O2. The number of hydrogen-bond acceptors (Lipinski definition) is 3. The number of rotatable bonds is 6. The fraction of sp³-hybridized carbons (Fsp3) is 0.500. The number of carboxylic acid groups (broad SMARTS) is 1. The van der Waals surface area contributed by atoms with Gasteiger partial charge in [0.05, 0.1) is 0 Å². The van der Waals surface area contributed by atoms with Gasteiger partial charge in [0.25, 0.3) is 0 Å². The highest BCUT2D eigenvalue weighted by atomic mass is 16.4. The maximum Gasteiger partial charge on any atom is 0.320 e. The van der Waals surface area contributed by atoms with Gasteiger partial charge in [-0.25, -0.2) is 0 Å². The van der Waals surface area contributed by atoms with Gasteiger partial charge in [0.2, 0.25) is 0 Å². The minimum atomic E-state index is -0.734. The summed E-state index contributed by atoms with van der Waals surface area (Å²) >= 11 is 0. The minimum Gasteiger partial charge on any atom is -0.480 e. The molecule has 2 N–H and O–H groups in total. The quantitative estimate of drug-likeness (QED) is 0.804. The molecule has 0 saturated heterocycles. The summed E-state index contributed by atoms with van der Waals surface area (Å²) < 4.78 is 0. The lowest BCUT2D eigenvalue weighted by Gasteiger charge is -2.15. The Labute approximate surface area is 108 Å². The molecule has 0 heterocycles. The number of aliphatic carboxylic acids is 1. The van der Waals surface area contributed by atoms with Crippen molar-refractivity contribution < 1.29 is 9.90 Å². The first-order chi connectivity index (χ1) is 8.58. The van der Waals surface area contributed by atoms with Crippen molar-refractivity contribution in [3.8, 4) is 0 Å². The van der Waals surface area contributed by atoms with Crippen molar-refractivity contribution in [3.05, 3.63) is 29.8 Å². The Morgan fingerprint density at radius 1 is 1.39 bits per heavy atom. The zero-order chi connectivity index (χ0) is 13.1. The number of benzene rings is 1. The Balaban J connectivity index is 1.90. The van der Waals surface area contributed by atoms with Gasteiger partial charge in [-0.2, -0.15) is 0 Å². The van der Waals surface area contributed by atoms with Gasteiger partial charge < -0.3 is 15.3 Å². The molecule has 0 aromatic heterocycles. The van der Waals surface area contributed by atoms with Crippen molar-refractivity contribution in [3.63, 3.8) is 0 Å². The number of carbonyl (C=O) groups is 1. The van der Waals surface area contributed by atoms with Crippen molar-refractivity contribution in [2.45, 2.75) is 25.4 Å².